The highest BCUT2D eigenvalue weighted by Crippen LogP contribution is 2.37. The Morgan fingerprint density at radius 3 is 2.94 bits per heavy atom. The molecular formula is C13H15ClN2O. The number of carbonyl (C=O) groups excluding carboxylic acids is 1. The van der Waals surface area contributed by atoms with Crippen molar-refractivity contribution < 1.29 is 4.79 Å². The second-order valence-electron chi connectivity index (χ2n) is 4.98. The Balaban J connectivity index is 1.85. The van der Waals surface area contributed by atoms with Crippen LogP contribution < -0.4 is 10.6 Å². The summed E-state index contributed by atoms with van der Waals surface area (Å²) < 4.78 is 0. The van der Waals surface area contributed by atoms with Gasteiger partial charge >= 0.3 is 0 Å². The zero-order chi connectivity index (χ0) is 12.0. The van der Waals surface area contributed by atoms with Gasteiger partial charge in [0.2, 0.25) is 5.91 Å². The summed E-state index contributed by atoms with van der Waals surface area (Å²) in [6.45, 7) is 2.19. The number of hydrogen-bond donors (Lipinski definition) is 2. The number of rotatable bonds is 3. The first-order valence-corrected chi connectivity index (χ1v) is 6.40. The molecule has 1 saturated carbocycles. The van der Waals surface area contributed by atoms with Gasteiger partial charge in [-0.25, -0.2) is 0 Å². The minimum Gasteiger partial charge on any atom is -0.381 e. The van der Waals surface area contributed by atoms with Crippen molar-refractivity contribution in [3.8, 4) is 0 Å². The first kappa shape index (κ1) is 10.9. The normalized spacial score (nSPS) is 19.8. The second-order valence-corrected chi connectivity index (χ2v) is 5.39. The SMILES string of the molecule is CC(Nc1cc2c(cc1Cl)NC(=O)C2)C1CC1. The summed E-state index contributed by atoms with van der Waals surface area (Å²) in [6.07, 6.45) is 3.06. The molecule has 2 aliphatic rings. The Labute approximate surface area is 106 Å². The standard InChI is InChI=1S/C13H15ClN2O/c1-7(8-2-3-8)15-12-4-9-5-13(17)16-11(9)6-10(12)14/h4,6-8,15H,2-3,5H2,1H3,(H,16,17). The highest BCUT2D eigenvalue weighted by Gasteiger charge is 2.28. The lowest BCUT2D eigenvalue weighted by atomic mass is 10.1. The number of carbonyl (C=O) groups is 1. The molecule has 1 unspecified atom stereocenters. The molecular weight excluding hydrogens is 236 g/mol. The predicted octanol–water partition coefficient (Wildman–Crippen LogP) is 3.05. The third-order valence-corrected chi connectivity index (χ3v) is 3.84. The van der Waals surface area contributed by atoms with Crippen LogP contribution in [-0.4, -0.2) is 11.9 Å². The molecule has 0 bridgehead atoms. The first-order valence-electron chi connectivity index (χ1n) is 6.02. The number of hydrogen-bond acceptors (Lipinski definition) is 2. The van der Waals surface area contributed by atoms with E-state index in [1.165, 1.54) is 12.8 Å². The van der Waals surface area contributed by atoms with Crippen molar-refractivity contribution in [2.24, 2.45) is 5.92 Å². The first-order chi connectivity index (χ1) is 8.13. The zero-order valence-corrected chi connectivity index (χ0v) is 10.5. The summed E-state index contributed by atoms with van der Waals surface area (Å²) in [5.74, 6) is 0.822. The molecule has 1 aromatic rings. The van der Waals surface area contributed by atoms with Gasteiger partial charge in [0.05, 0.1) is 17.1 Å². The Bertz CT molecular complexity index is 483. The Kier molecular flexibility index (Phi) is 2.51. The van der Waals surface area contributed by atoms with E-state index >= 15 is 0 Å². The van der Waals surface area contributed by atoms with Gasteiger partial charge in [0.25, 0.3) is 0 Å². The highest BCUT2D eigenvalue weighted by molar-refractivity contribution is 6.33. The van der Waals surface area contributed by atoms with Crippen LogP contribution >= 0.6 is 11.6 Å². The van der Waals surface area contributed by atoms with Gasteiger partial charge in [0, 0.05) is 11.7 Å². The van der Waals surface area contributed by atoms with Crippen molar-refractivity contribution in [1.29, 1.82) is 0 Å². The average Bonchev–Trinajstić information content (AvgIpc) is 3.03. The lowest BCUT2D eigenvalue weighted by Crippen LogP contribution is -2.17. The molecule has 1 aliphatic carbocycles. The molecule has 3 rings (SSSR count). The molecule has 1 heterocycles. The number of nitrogens with one attached hydrogen (secondary N) is 2. The van der Waals surface area contributed by atoms with Crippen LogP contribution in [0.2, 0.25) is 5.02 Å². The molecule has 0 saturated heterocycles. The van der Waals surface area contributed by atoms with Crippen molar-refractivity contribution in [1.82, 2.24) is 0 Å². The Morgan fingerprint density at radius 1 is 1.47 bits per heavy atom. The molecule has 2 N–H and O–H groups in total. The molecule has 90 valence electrons. The van der Waals surface area contributed by atoms with Crippen LogP contribution in [-0.2, 0) is 11.2 Å². The maximum atomic E-state index is 11.3. The molecule has 3 nitrogen and oxygen atoms in total. The third-order valence-electron chi connectivity index (χ3n) is 3.53. The summed E-state index contributed by atoms with van der Waals surface area (Å²) in [5.41, 5.74) is 2.83. The molecule has 0 spiro atoms. The maximum Gasteiger partial charge on any atom is 0.228 e. The van der Waals surface area contributed by atoms with Gasteiger partial charge < -0.3 is 10.6 Å². The van der Waals surface area contributed by atoms with E-state index in [2.05, 4.69) is 17.6 Å². The fourth-order valence-electron chi connectivity index (χ4n) is 2.32. The predicted molar refractivity (Wildman–Crippen MR) is 69.6 cm³/mol. The number of amides is 1. The minimum absolute atomic E-state index is 0.0449. The molecule has 1 fully saturated rings. The van der Waals surface area contributed by atoms with E-state index in [0.717, 1.165) is 22.9 Å². The van der Waals surface area contributed by atoms with E-state index in [1.54, 1.807) is 0 Å². The molecule has 1 aromatic carbocycles. The Morgan fingerprint density at radius 2 is 2.24 bits per heavy atom. The molecule has 0 aromatic heterocycles. The van der Waals surface area contributed by atoms with Gasteiger partial charge in [-0.3, -0.25) is 4.79 Å². The second kappa shape index (κ2) is 3.91. The summed E-state index contributed by atoms with van der Waals surface area (Å²) in [5, 5.41) is 6.93. The van der Waals surface area contributed by atoms with Crippen LogP contribution in [0.15, 0.2) is 12.1 Å². The summed E-state index contributed by atoms with van der Waals surface area (Å²) in [7, 11) is 0. The van der Waals surface area contributed by atoms with E-state index in [-0.39, 0.29) is 5.91 Å². The van der Waals surface area contributed by atoms with Gasteiger partial charge in [-0.15, -0.1) is 0 Å². The van der Waals surface area contributed by atoms with Crippen LogP contribution in [0.4, 0.5) is 11.4 Å². The number of benzene rings is 1. The molecule has 1 aliphatic heterocycles. The van der Waals surface area contributed by atoms with Crippen molar-refractivity contribution in [3.63, 3.8) is 0 Å². The van der Waals surface area contributed by atoms with Gasteiger partial charge in [-0.05, 0) is 43.4 Å². The summed E-state index contributed by atoms with van der Waals surface area (Å²) >= 11 is 6.21. The van der Waals surface area contributed by atoms with Crippen LogP contribution in [0, 0.1) is 5.92 Å². The number of anilines is 2. The van der Waals surface area contributed by atoms with E-state index < -0.39 is 0 Å². The van der Waals surface area contributed by atoms with E-state index in [9.17, 15) is 4.79 Å². The van der Waals surface area contributed by atoms with Crippen LogP contribution in [0.1, 0.15) is 25.3 Å². The Hall–Kier alpha value is -1.22. The van der Waals surface area contributed by atoms with Gasteiger partial charge in [0.15, 0.2) is 0 Å². The van der Waals surface area contributed by atoms with E-state index in [1.807, 2.05) is 12.1 Å². The largest absolute Gasteiger partial charge is 0.381 e. The molecule has 1 atom stereocenters. The van der Waals surface area contributed by atoms with Gasteiger partial charge in [0.1, 0.15) is 0 Å². The van der Waals surface area contributed by atoms with Gasteiger partial charge in [-0.1, -0.05) is 11.6 Å². The van der Waals surface area contributed by atoms with Crippen LogP contribution in [0.3, 0.4) is 0 Å². The van der Waals surface area contributed by atoms with E-state index in [0.29, 0.717) is 17.5 Å². The molecule has 0 radical (unpaired) electrons. The maximum absolute atomic E-state index is 11.3. The smallest absolute Gasteiger partial charge is 0.228 e. The van der Waals surface area contributed by atoms with Crippen LogP contribution in [0.25, 0.3) is 0 Å². The van der Waals surface area contributed by atoms with E-state index in [4.69, 9.17) is 11.6 Å². The third kappa shape index (κ3) is 2.12. The van der Waals surface area contributed by atoms with Crippen molar-refractivity contribution in [2.75, 3.05) is 10.6 Å². The molecule has 1 amide bonds. The van der Waals surface area contributed by atoms with Gasteiger partial charge in [-0.2, -0.15) is 0 Å². The highest BCUT2D eigenvalue weighted by atomic mass is 35.5. The topological polar surface area (TPSA) is 41.1 Å². The summed E-state index contributed by atoms with van der Waals surface area (Å²) in [4.78, 5) is 11.3. The van der Waals surface area contributed by atoms with Crippen molar-refractivity contribution in [2.45, 2.75) is 32.2 Å². The zero-order valence-electron chi connectivity index (χ0n) is 9.72. The fraction of sp³-hybridized carbons (Fsp3) is 0.462. The quantitative estimate of drug-likeness (QED) is 0.866. The number of fused-ring (bicyclic) bond motifs is 1. The molecule has 17 heavy (non-hydrogen) atoms. The summed E-state index contributed by atoms with van der Waals surface area (Å²) in [6, 6.07) is 4.29. The number of halogens is 1. The molecule has 4 heteroatoms. The lowest BCUT2D eigenvalue weighted by molar-refractivity contribution is -0.115. The van der Waals surface area contributed by atoms with Crippen molar-refractivity contribution >= 4 is 28.9 Å². The fourth-order valence-corrected chi connectivity index (χ4v) is 2.54. The van der Waals surface area contributed by atoms with Crippen LogP contribution in [0.5, 0.6) is 0 Å². The monoisotopic (exact) mass is 250 g/mol. The average molecular weight is 251 g/mol. The lowest BCUT2D eigenvalue weighted by Gasteiger charge is -2.16. The van der Waals surface area contributed by atoms with Crippen molar-refractivity contribution in [3.05, 3.63) is 22.7 Å². The minimum atomic E-state index is 0.0449.